The summed E-state index contributed by atoms with van der Waals surface area (Å²) in [7, 11) is 1.42. The number of esters is 4. The topological polar surface area (TPSA) is 197 Å². The molecule has 1 spiro atoms. The molecule has 0 radical (unpaired) electrons. The van der Waals surface area contributed by atoms with E-state index in [-0.39, 0.29) is 11.9 Å². The Labute approximate surface area is 283 Å². The van der Waals surface area contributed by atoms with Gasteiger partial charge in [0.2, 0.25) is 5.79 Å². The highest BCUT2D eigenvalue weighted by atomic mass is 16.8. The van der Waals surface area contributed by atoms with Gasteiger partial charge in [0.25, 0.3) is 0 Å². The van der Waals surface area contributed by atoms with E-state index >= 15 is 0 Å². The molecule has 0 amide bonds. The van der Waals surface area contributed by atoms with Crippen LogP contribution in [0, 0.1) is 57.7 Å². The van der Waals surface area contributed by atoms with Crippen LogP contribution in [0.25, 0.3) is 0 Å². The van der Waals surface area contributed by atoms with Gasteiger partial charge < -0.3 is 43.4 Å². The Balaban J connectivity index is 1.43. The van der Waals surface area contributed by atoms with Crippen molar-refractivity contribution < 1.29 is 67.3 Å². The Bertz CT molecular complexity index is 1560. The van der Waals surface area contributed by atoms with Gasteiger partial charge in [-0.15, -0.1) is 0 Å². The van der Waals surface area contributed by atoms with Crippen LogP contribution in [0.15, 0.2) is 0 Å². The maximum Gasteiger partial charge on any atom is 0.341 e. The van der Waals surface area contributed by atoms with Crippen molar-refractivity contribution in [1.82, 2.24) is 0 Å². The van der Waals surface area contributed by atoms with Crippen LogP contribution in [0.3, 0.4) is 0 Å². The van der Waals surface area contributed by atoms with Crippen LogP contribution in [0.4, 0.5) is 0 Å². The molecule has 270 valence electrons. The quantitative estimate of drug-likeness (QED) is 0.238. The van der Waals surface area contributed by atoms with Gasteiger partial charge in [0.15, 0.2) is 11.4 Å². The smallest absolute Gasteiger partial charge is 0.341 e. The van der Waals surface area contributed by atoms with Crippen LogP contribution in [0.2, 0.25) is 0 Å². The van der Waals surface area contributed by atoms with Crippen LogP contribution >= 0.6 is 0 Å². The zero-order chi connectivity index (χ0) is 35.7. The summed E-state index contributed by atoms with van der Waals surface area (Å²) in [5.74, 6) is -9.76. The molecule has 0 aromatic rings. The molecule has 0 aromatic carbocycles. The average molecular weight is 691 g/mol. The Morgan fingerprint density at radius 1 is 0.857 bits per heavy atom. The molecule has 8 aliphatic rings. The van der Waals surface area contributed by atoms with E-state index in [1.165, 1.54) is 34.8 Å². The molecule has 20 atom stereocenters. The Morgan fingerprint density at radius 2 is 1.45 bits per heavy atom. The fraction of sp³-hybridized carbons (Fsp3) is 0.857. The fourth-order valence-corrected chi connectivity index (χ4v) is 13.1. The number of hydrogen-bond donors (Lipinski definition) is 2. The van der Waals surface area contributed by atoms with E-state index in [4.69, 9.17) is 33.2 Å². The van der Waals surface area contributed by atoms with E-state index in [0.717, 1.165) is 0 Å². The van der Waals surface area contributed by atoms with E-state index in [2.05, 4.69) is 0 Å². The lowest BCUT2D eigenvalue weighted by Crippen LogP contribution is -2.74. The number of fused-ring (bicyclic) bond motifs is 9. The number of ketones is 1. The van der Waals surface area contributed by atoms with Crippen molar-refractivity contribution in [2.75, 3.05) is 7.11 Å². The number of carbonyl (C=O) groups is 5. The standard InChI is InChI=1S/C35H46O14/c1-11-18-21(33(7)34(8,42)30(41)49-35(33)28(11)48-35)25(44-12(2)36)19-17-20(26(45-13(3)37)29(32(18,19)6)46-14(4)38)31(5)15(22(39)24(17)43-9)10-16-23(47-16)27(31)40/h11,15-21,23-29,40,42H,10H2,1-9H3/t11-,15+,16-,17?,18-,19+,20?,21-,23-,24+,25+,26-,27-,28+,29-,31-,32+,33-,34+,35-/m0/s1. The van der Waals surface area contributed by atoms with Crippen LogP contribution in [-0.4, -0.2) is 107 Å². The number of carbonyl (C=O) groups excluding carboxylic acids is 5. The third-order valence-corrected chi connectivity index (χ3v) is 15.0. The third kappa shape index (κ3) is 3.62. The molecule has 14 heteroatoms. The second-order valence-electron chi connectivity index (χ2n) is 16.8. The molecule has 3 aliphatic heterocycles. The van der Waals surface area contributed by atoms with E-state index in [9.17, 15) is 34.2 Å². The summed E-state index contributed by atoms with van der Waals surface area (Å²) < 4.78 is 42.9. The first-order valence-corrected chi connectivity index (χ1v) is 17.3. The molecule has 0 aromatic heterocycles. The highest BCUT2D eigenvalue weighted by molar-refractivity contribution is 5.88. The van der Waals surface area contributed by atoms with Gasteiger partial charge in [0.05, 0.1) is 17.6 Å². The van der Waals surface area contributed by atoms with Gasteiger partial charge in [-0.2, -0.15) is 0 Å². The molecular weight excluding hydrogens is 644 g/mol. The van der Waals surface area contributed by atoms with Crippen LogP contribution in [0.5, 0.6) is 0 Å². The number of Topliss-reactive ketones (excluding diaryl/α,β-unsaturated/α-hetero) is 1. The second-order valence-corrected chi connectivity index (χ2v) is 16.8. The summed E-state index contributed by atoms with van der Waals surface area (Å²) >= 11 is 0. The summed E-state index contributed by atoms with van der Waals surface area (Å²) in [6.07, 6.45) is -6.90. The summed E-state index contributed by atoms with van der Waals surface area (Å²) in [6, 6.07) is 0. The molecule has 49 heavy (non-hydrogen) atoms. The highest BCUT2D eigenvalue weighted by Gasteiger charge is 2.93. The monoisotopic (exact) mass is 690 g/mol. The number of hydrogen-bond acceptors (Lipinski definition) is 14. The third-order valence-electron chi connectivity index (χ3n) is 15.0. The van der Waals surface area contributed by atoms with Crippen molar-refractivity contribution in [2.45, 2.75) is 122 Å². The summed E-state index contributed by atoms with van der Waals surface area (Å²) in [5.41, 5.74) is -6.07. The molecule has 3 saturated heterocycles. The van der Waals surface area contributed by atoms with Gasteiger partial charge in [-0.3, -0.25) is 19.2 Å². The van der Waals surface area contributed by atoms with Crippen LogP contribution < -0.4 is 0 Å². The lowest BCUT2D eigenvalue weighted by atomic mass is 9.41. The maximum atomic E-state index is 14.7. The van der Waals surface area contributed by atoms with Gasteiger partial charge in [-0.1, -0.05) is 20.8 Å². The average Bonchev–Trinajstić information content (AvgIpc) is 3.90. The van der Waals surface area contributed by atoms with E-state index in [0.29, 0.717) is 6.42 Å². The summed E-state index contributed by atoms with van der Waals surface area (Å²) in [4.78, 5) is 67.5. The largest absolute Gasteiger partial charge is 0.462 e. The number of rotatable bonds is 4. The number of epoxide rings is 2. The molecule has 0 bridgehead atoms. The minimum atomic E-state index is -2.10. The van der Waals surface area contributed by atoms with E-state index in [1.807, 2.05) is 13.8 Å². The van der Waals surface area contributed by atoms with E-state index < -0.39 is 136 Å². The number of ether oxygens (including phenoxy) is 7. The van der Waals surface area contributed by atoms with Crippen LogP contribution in [0.1, 0.15) is 61.8 Å². The maximum absolute atomic E-state index is 14.7. The first-order valence-electron chi connectivity index (χ1n) is 17.3. The SMILES string of the molecule is CO[C@H]1C(=O)[C@H]2C[C@@H]3O[C@@H]3[C@H](O)[C@]2(C)C2C1[C@@H]1[C@@H](OC(C)=O)[C@@H]3[C@H]([C@H](C)[C@H]4O[C@]45OC(=O)[C@@](C)(O)[C@]35C)[C@@]1(C)[C@@H](OC(C)=O)[C@H]2OC(C)=O. The molecule has 5 aliphatic carbocycles. The van der Waals surface area contributed by atoms with E-state index in [1.54, 1.807) is 13.8 Å². The molecule has 3 heterocycles. The Morgan fingerprint density at radius 3 is 2.04 bits per heavy atom. The zero-order valence-electron chi connectivity index (χ0n) is 29.2. The zero-order valence-corrected chi connectivity index (χ0v) is 29.2. The normalized spacial score (nSPS) is 58.6. The number of aliphatic hydroxyl groups is 2. The Kier molecular flexibility index (Phi) is 6.71. The number of aliphatic hydroxyl groups excluding tert-OH is 1. The molecule has 2 N–H and O–H groups in total. The summed E-state index contributed by atoms with van der Waals surface area (Å²) in [5, 5.41) is 24.1. The second kappa shape index (κ2) is 9.81. The fourth-order valence-electron chi connectivity index (χ4n) is 13.1. The predicted octanol–water partition coefficient (Wildman–Crippen LogP) is 0.707. The van der Waals surface area contributed by atoms with Crippen molar-refractivity contribution in [1.29, 1.82) is 0 Å². The Hall–Kier alpha value is -2.65. The first kappa shape index (κ1) is 33.5. The summed E-state index contributed by atoms with van der Waals surface area (Å²) in [6.45, 7) is 12.4. The van der Waals surface area contributed by atoms with Gasteiger partial charge >= 0.3 is 23.9 Å². The first-order chi connectivity index (χ1) is 22.8. The molecular formula is C35H46O14. The van der Waals surface area contributed by atoms with Gasteiger partial charge in [-0.05, 0) is 32.1 Å². The highest BCUT2D eigenvalue weighted by Crippen LogP contribution is 2.81. The van der Waals surface area contributed by atoms with Gasteiger partial charge in [-0.25, -0.2) is 4.79 Å². The lowest BCUT2D eigenvalue weighted by molar-refractivity contribution is -0.273. The van der Waals surface area contributed by atoms with Crippen molar-refractivity contribution in [3.8, 4) is 0 Å². The molecule has 14 nitrogen and oxygen atoms in total. The minimum absolute atomic E-state index is 0.251. The molecule has 8 fully saturated rings. The van der Waals surface area contributed by atoms with Crippen molar-refractivity contribution in [2.24, 2.45) is 57.7 Å². The minimum Gasteiger partial charge on any atom is -0.462 e. The van der Waals surface area contributed by atoms with Gasteiger partial charge in [0.1, 0.15) is 36.6 Å². The van der Waals surface area contributed by atoms with Crippen molar-refractivity contribution >= 4 is 29.7 Å². The lowest BCUT2D eigenvalue weighted by Gasteiger charge is -2.65. The molecule has 8 rings (SSSR count). The molecule has 2 unspecified atom stereocenters. The van der Waals surface area contributed by atoms with Crippen molar-refractivity contribution in [3.05, 3.63) is 0 Å². The number of methoxy groups -OCH3 is 1. The molecule has 5 saturated carbocycles. The van der Waals surface area contributed by atoms with Crippen molar-refractivity contribution in [3.63, 3.8) is 0 Å². The predicted molar refractivity (Wildman–Crippen MR) is 160 cm³/mol. The van der Waals surface area contributed by atoms with Crippen LogP contribution in [-0.2, 0) is 57.1 Å². The van der Waals surface area contributed by atoms with Gasteiger partial charge in [0, 0.05) is 68.3 Å².